The third-order valence-electron chi connectivity index (χ3n) is 5.42. The molecule has 33 heavy (non-hydrogen) atoms. The zero-order valence-electron chi connectivity index (χ0n) is 18.5. The van der Waals surface area contributed by atoms with Gasteiger partial charge in [0.25, 0.3) is 5.91 Å². The third kappa shape index (κ3) is 4.15. The highest BCUT2D eigenvalue weighted by Gasteiger charge is 2.31. The number of rotatable bonds is 4. The average Bonchev–Trinajstić information content (AvgIpc) is 3.36. The normalized spacial score (nSPS) is 13.9. The van der Waals surface area contributed by atoms with Crippen LogP contribution in [0.1, 0.15) is 35.6 Å². The molecule has 8 heteroatoms. The topological polar surface area (TPSA) is 116 Å². The van der Waals surface area contributed by atoms with E-state index in [1.54, 1.807) is 24.5 Å². The highest BCUT2D eigenvalue weighted by atomic mass is 16.5. The molecule has 1 amide bonds. The zero-order valence-corrected chi connectivity index (χ0v) is 18.5. The SMILES string of the molecule is Cc1cc(-c2cc3c(cc2NC(=O)c2coc(-c4ccnc(N)c4)n2)CC(C)(C)O3)ccn1. The highest BCUT2D eigenvalue weighted by Crippen LogP contribution is 2.42. The Morgan fingerprint density at radius 1 is 1.09 bits per heavy atom. The van der Waals surface area contributed by atoms with Crippen molar-refractivity contribution in [2.75, 3.05) is 11.1 Å². The van der Waals surface area contributed by atoms with Crippen molar-refractivity contribution in [1.82, 2.24) is 15.0 Å². The van der Waals surface area contributed by atoms with Crippen LogP contribution >= 0.6 is 0 Å². The van der Waals surface area contributed by atoms with Gasteiger partial charge in [0.2, 0.25) is 5.89 Å². The lowest BCUT2D eigenvalue weighted by atomic mass is 9.97. The van der Waals surface area contributed by atoms with Crippen molar-refractivity contribution in [3.63, 3.8) is 0 Å². The first-order chi connectivity index (χ1) is 15.8. The Balaban J connectivity index is 1.50. The second-order valence-electron chi connectivity index (χ2n) is 8.69. The predicted molar refractivity (Wildman–Crippen MR) is 125 cm³/mol. The van der Waals surface area contributed by atoms with Crippen LogP contribution in [0.4, 0.5) is 11.5 Å². The predicted octanol–water partition coefficient (Wildman–Crippen LogP) is 4.66. The van der Waals surface area contributed by atoms with E-state index >= 15 is 0 Å². The minimum absolute atomic E-state index is 0.161. The monoisotopic (exact) mass is 441 g/mol. The van der Waals surface area contributed by atoms with E-state index < -0.39 is 0 Å². The zero-order chi connectivity index (χ0) is 23.2. The van der Waals surface area contributed by atoms with Crippen LogP contribution in [0.3, 0.4) is 0 Å². The fraction of sp³-hybridized carbons (Fsp3) is 0.200. The molecule has 166 valence electrons. The molecule has 0 unspecified atom stereocenters. The van der Waals surface area contributed by atoms with Crippen LogP contribution in [0.2, 0.25) is 0 Å². The Bertz CT molecular complexity index is 1380. The van der Waals surface area contributed by atoms with Gasteiger partial charge in [-0.25, -0.2) is 9.97 Å². The molecule has 4 heterocycles. The van der Waals surface area contributed by atoms with Crippen LogP contribution in [0, 0.1) is 6.92 Å². The Hall–Kier alpha value is -4.20. The summed E-state index contributed by atoms with van der Waals surface area (Å²) < 4.78 is 11.6. The largest absolute Gasteiger partial charge is 0.487 e. The number of nitrogens with two attached hydrogens (primary N) is 1. The molecule has 1 aromatic carbocycles. The number of amides is 1. The van der Waals surface area contributed by atoms with Gasteiger partial charge in [0.15, 0.2) is 5.69 Å². The van der Waals surface area contributed by atoms with E-state index in [9.17, 15) is 4.79 Å². The fourth-order valence-corrected chi connectivity index (χ4v) is 3.98. The molecule has 0 bridgehead atoms. The number of benzene rings is 1. The van der Waals surface area contributed by atoms with E-state index in [0.29, 0.717) is 23.0 Å². The molecule has 5 rings (SSSR count). The van der Waals surface area contributed by atoms with Gasteiger partial charge >= 0.3 is 0 Å². The molecular formula is C25H23N5O3. The molecule has 0 atom stereocenters. The van der Waals surface area contributed by atoms with E-state index in [-0.39, 0.29) is 17.2 Å². The van der Waals surface area contributed by atoms with Gasteiger partial charge in [-0.1, -0.05) is 0 Å². The third-order valence-corrected chi connectivity index (χ3v) is 5.42. The van der Waals surface area contributed by atoms with E-state index in [0.717, 1.165) is 34.6 Å². The molecule has 0 fully saturated rings. The summed E-state index contributed by atoms with van der Waals surface area (Å²) in [6.45, 7) is 6.02. The molecule has 3 N–H and O–H groups in total. The number of carbonyl (C=O) groups excluding carboxylic acids is 1. The number of hydrogen-bond donors (Lipinski definition) is 2. The van der Waals surface area contributed by atoms with E-state index in [2.05, 4.69) is 20.3 Å². The van der Waals surface area contributed by atoms with Crippen LogP contribution in [0.25, 0.3) is 22.6 Å². The van der Waals surface area contributed by atoms with Crippen molar-refractivity contribution in [2.24, 2.45) is 0 Å². The number of aromatic nitrogens is 3. The summed E-state index contributed by atoms with van der Waals surface area (Å²) in [6.07, 6.45) is 5.39. The molecule has 3 aromatic heterocycles. The first-order valence-electron chi connectivity index (χ1n) is 10.6. The van der Waals surface area contributed by atoms with Crippen molar-refractivity contribution in [3.8, 4) is 28.3 Å². The highest BCUT2D eigenvalue weighted by molar-refractivity contribution is 6.05. The standard InChI is InChI=1S/C25H23N5O3/c1-14-8-15(4-6-27-14)18-11-21-17(12-25(2,3)33-21)9-19(18)29-23(31)20-13-32-24(30-20)16-5-7-28-22(26)10-16/h4-11,13H,12H2,1-3H3,(H2,26,28)(H,29,31). The molecular weight excluding hydrogens is 418 g/mol. The van der Waals surface area contributed by atoms with Crippen LogP contribution in [-0.2, 0) is 6.42 Å². The quantitative estimate of drug-likeness (QED) is 0.473. The van der Waals surface area contributed by atoms with Crippen molar-refractivity contribution < 1.29 is 13.9 Å². The van der Waals surface area contributed by atoms with Gasteiger partial charge in [-0.15, -0.1) is 0 Å². The van der Waals surface area contributed by atoms with Gasteiger partial charge in [-0.2, -0.15) is 0 Å². The number of pyridine rings is 2. The molecule has 0 saturated heterocycles. The maximum absolute atomic E-state index is 13.1. The van der Waals surface area contributed by atoms with E-state index in [1.807, 2.05) is 45.0 Å². The summed E-state index contributed by atoms with van der Waals surface area (Å²) in [4.78, 5) is 25.7. The van der Waals surface area contributed by atoms with Crippen molar-refractivity contribution in [1.29, 1.82) is 0 Å². The number of nitrogen functional groups attached to an aromatic ring is 1. The van der Waals surface area contributed by atoms with Gasteiger partial charge in [0.05, 0.1) is 0 Å². The maximum Gasteiger partial charge on any atom is 0.277 e. The smallest absolute Gasteiger partial charge is 0.277 e. The molecule has 1 aliphatic heterocycles. The van der Waals surface area contributed by atoms with Crippen molar-refractivity contribution in [3.05, 3.63) is 72.0 Å². The number of fused-ring (bicyclic) bond motifs is 1. The summed E-state index contributed by atoms with van der Waals surface area (Å²) in [5.41, 5.74) is 10.6. The van der Waals surface area contributed by atoms with E-state index in [1.165, 1.54) is 6.26 Å². The van der Waals surface area contributed by atoms with Crippen LogP contribution < -0.4 is 15.8 Å². The Morgan fingerprint density at radius 2 is 1.88 bits per heavy atom. The van der Waals surface area contributed by atoms with Gasteiger partial charge in [0, 0.05) is 46.9 Å². The Morgan fingerprint density at radius 3 is 2.67 bits per heavy atom. The first kappa shape index (κ1) is 20.7. The van der Waals surface area contributed by atoms with Gasteiger partial charge in [-0.3, -0.25) is 9.78 Å². The lowest BCUT2D eigenvalue weighted by Gasteiger charge is -2.17. The summed E-state index contributed by atoms with van der Waals surface area (Å²) >= 11 is 0. The average molecular weight is 441 g/mol. The number of carbonyl (C=O) groups is 1. The number of nitrogens with zero attached hydrogens (tertiary/aromatic N) is 3. The van der Waals surface area contributed by atoms with Crippen LogP contribution in [0.15, 0.2) is 59.5 Å². The van der Waals surface area contributed by atoms with Crippen molar-refractivity contribution in [2.45, 2.75) is 32.8 Å². The second kappa shape index (κ2) is 7.74. The minimum atomic E-state index is -0.378. The second-order valence-corrected chi connectivity index (χ2v) is 8.69. The van der Waals surface area contributed by atoms with Crippen LogP contribution in [-0.4, -0.2) is 26.5 Å². The number of ether oxygens (including phenoxy) is 1. The minimum Gasteiger partial charge on any atom is -0.487 e. The Kier molecular flexibility index (Phi) is 4.85. The van der Waals surface area contributed by atoms with Crippen molar-refractivity contribution >= 4 is 17.4 Å². The Labute approximate surface area is 190 Å². The molecule has 0 spiro atoms. The summed E-state index contributed by atoms with van der Waals surface area (Å²) in [5.74, 6) is 1.08. The molecule has 0 radical (unpaired) electrons. The summed E-state index contributed by atoms with van der Waals surface area (Å²) in [7, 11) is 0. The molecule has 4 aromatic rings. The molecule has 8 nitrogen and oxygen atoms in total. The van der Waals surface area contributed by atoms with Gasteiger partial charge in [0.1, 0.15) is 23.4 Å². The lowest BCUT2D eigenvalue weighted by molar-refractivity contribution is 0.102. The lowest BCUT2D eigenvalue weighted by Crippen LogP contribution is -2.24. The number of nitrogens with one attached hydrogen (secondary N) is 1. The summed E-state index contributed by atoms with van der Waals surface area (Å²) in [5, 5.41) is 3.00. The first-order valence-corrected chi connectivity index (χ1v) is 10.6. The van der Waals surface area contributed by atoms with Crippen LogP contribution in [0.5, 0.6) is 5.75 Å². The van der Waals surface area contributed by atoms with Gasteiger partial charge in [-0.05, 0) is 62.7 Å². The summed E-state index contributed by atoms with van der Waals surface area (Å²) in [6, 6.07) is 11.2. The van der Waals surface area contributed by atoms with Gasteiger partial charge < -0.3 is 20.2 Å². The molecule has 0 saturated carbocycles. The molecule has 1 aliphatic rings. The number of aryl methyl sites for hydroxylation is 1. The fourth-order valence-electron chi connectivity index (χ4n) is 3.98. The number of anilines is 2. The maximum atomic E-state index is 13.1. The number of hydrogen-bond acceptors (Lipinski definition) is 7. The number of oxazole rings is 1. The van der Waals surface area contributed by atoms with E-state index in [4.69, 9.17) is 14.9 Å². The molecule has 0 aliphatic carbocycles.